The van der Waals surface area contributed by atoms with E-state index in [0.717, 1.165) is 12.1 Å². The molecule has 0 unspecified atom stereocenters. The molecule has 1 fully saturated rings. The van der Waals surface area contributed by atoms with Crippen LogP contribution in [-0.2, 0) is 13.5 Å². The molecule has 0 spiro atoms. The molecule has 3 nitrogen and oxygen atoms in total. The van der Waals surface area contributed by atoms with Crippen LogP contribution >= 0.6 is 0 Å². The Morgan fingerprint density at radius 3 is 2.65 bits per heavy atom. The van der Waals surface area contributed by atoms with Gasteiger partial charge in [-0.15, -0.1) is 0 Å². The summed E-state index contributed by atoms with van der Waals surface area (Å²) in [4.78, 5) is 4.51. The van der Waals surface area contributed by atoms with E-state index in [1.807, 2.05) is 13.1 Å². The number of anilines is 1. The molecule has 2 N–H and O–H groups in total. The summed E-state index contributed by atoms with van der Waals surface area (Å²) in [6.45, 7) is 0. The molecule has 1 aliphatic rings. The van der Waals surface area contributed by atoms with Crippen molar-refractivity contribution in [1.82, 2.24) is 9.55 Å². The van der Waals surface area contributed by atoms with Gasteiger partial charge in [0.1, 0.15) is 0 Å². The summed E-state index contributed by atoms with van der Waals surface area (Å²) in [6, 6.07) is 10.5. The van der Waals surface area contributed by atoms with Gasteiger partial charge in [-0.2, -0.15) is 0 Å². The van der Waals surface area contributed by atoms with Crippen LogP contribution < -0.4 is 5.73 Å². The van der Waals surface area contributed by atoms with Gasteiger partial charge in [-0.3, -0.25) is 0 Å². The van der Waals surface area contributed by atoms with Gasteiger partial charge in [0, 0.05) is 25.1 Å². The molecule has 0 amide bonds. The Morgan fingerprint density at radius 2 is 2.00 bits per heavy atom. The Hall–Kier alpha value is -1.77. The van der Waals surface area contributed by atoms with Gasteiger partial charge in [-0.25, -0.2) is 4.98 Å². The Labute approximate surface area is 101 Å². The van der Waals surface area contributed by atoms with Crippen LogP contribution in [0.25, 0.3) is 0 Å². The van der Waals surface area contributed by atoms with E-state index in [0.29, 0.717) is 11.9 Å². The van der Waals surface area contributed by atoms with E-state index in [1.54, 1.807) is 0 Å². The number of nitrogens with zero attached hydrogens (tertiary/aromatic N) is 2. The minimum atomic E-state index is 0.637. The normalized spacial score (nSPS) is 15.1. The molecule has 88 valence electrons. The smallest absolute Gasteiger partial charge is 0.200 e. The number of nitrogens with two attached hydrogens (primary N) is 1. The first-order chi connectivity index (χ1) is 8.25. The molecule has 0 saturated heterocycles. The zero-order valence-corrected chi connectivity index (χ0v) is 10.1. The van der Waals surface area contributed by atoms with Gasteiger partial charge in [0.25, 0.3) is 0 Å². The number of nitrogen functional groups attached to an aromatic ring is 1. The van der Waals surface area contributed by atoms with Crippen LogP contribution in [0.15, 0.2) is 30.3 Å². The summed E-state index contributed by atoms with van der Waals surface area (Å²) < 4.78 is 2.05. The fourth-order valence-electron chi connectivity index (χ4n) is 2.37. The van der Waals surface area contributed by atoms with Crippen molar-refractivity contribution >= 4 is 5.95 Å². The average Bonchev–Trinajstić information content (AvgIpc) is 3.11. The molecular weight excluding hydrogens is 210 g/mol. The molecule has 1 aromatic carbocycles. The number of rotatable bonds is 3. The van der Waals surface area contributed by atoms with Gasteiger partial charge < -0.3 is 10.3 Å². The Kier molecular flexibility index (Phi) is 2.39. The van der Waals surface area contributed by atoms with Crippen molar-refractivity contribution in [2.24, 2.45) is 7.05 Å². The topological polar surface area (TPSA) is 43.8 Å². The Balaban J connectivity index is 1.95. The van der Waals surface area contributed by atoms with Gasteiger partial charge in [-0.1, -0.05) is 30.3 Å². The van der Waals surface area contributed by atoms with E-state index in [1.165, 1.54) is 24.1 Å². The molecule has 0 radical (unpaired) electrons. The van der Waals surface area contributed by atoms with Crippen LogP contribution in [0.3, 0.4) is 0 Å². The summed E-state index contributed by atoms with van der Waals surface area (Å²) in [5, 5.41) is 0. The van der Waals surface area contributed by atoms with E-state index in [-0.39, 0.29) is 0 Å². The van der Waals surface area contributed by atoms with Crippen molar-refractivity contribution in [2.75, 3.05) is 5.73 Å². The van der Waals surface area contributed by atoms with Crippen LogP contribution in [0.1, 0.15) is 35.7 Å². The lowest BCUT2D eigenvalue weighted by molar-refractivity contribution is 0.827. The third-order valence-corrected chi connectivity index (χ3v) is 3.43. The Morgan fingerprint density at radius 1 is 1.29 bits per heavy atom. The van der Waals surface area contributed by atoms with Crippen molar-refractivity contribution < 1.29 is 0 Å². The number of hydrogen-bond acceptors (Lipinski definition) is 2. The van der Waals surface area contributed by atoms with E-state index < -0.39 is 0 Å². The maximum atomic E-state index is 5.91. The third-order valence-electron chi connectivity index (χ3n) is 3.43. The molecular formula is C14H17N3. The van der Waals surface area contributed by atoms with Crippen molar-refractivity contribution in [3.05, 3.63) is 47.3 Å². The van der Waals surface area contributed by atoms with Crippen molar-refractivity contribution in [3.63, 3.8) is 0 Å². The predicted octanol–water partition coefficient (Wildman–Crippen LogP) is 2.47. The number of aromatic nitrogens is 2. The largest absolute Gasteiger partial charge is 0.369 e. The van der Waals surface area contributed by atoms with E-state index >= 15 is 0 Å². The molecule has 1 heterocycles. The third kappa shape index (κ3) is 1.93. The second-order valence-corrected chi connectivity index (χ2v) is 4.80. The highest BCUT2D eigenvalue weighted by Gasteiger charge is 2.30. The Bertz CT molecular complexity index is 524. The molecule has 0 atom stereocenters. The number of benzene rings is 1. The predicted molar refractivity (Wildman–Crippen MR) is 68.8 cm³/mol. The lowest BCUT2D eigenvalue weighted by atomic mass is 10.1. The van der Waals surface area contributed by atoms with E-state index in [4.69, 9.17) is 5.73 Å². The molecule has 17 heavy (non-hydrogen) atoms. The van der Waals surface area contributed by atoms with E-state index in [2.05, 4.69) is 33.8 Å². The minimum absolute atomic E-state index is 0.637. The first-order valence-electron chi connectivity index (χ1n) is 6.10. The van der Waals surface area contributed by atoms with Gasteiger partial charge in [-0.05, 0) is 18.4 Å². The number of hydrogen-bond donors (Lipinski definition) is 1. The van der Waals surface area contributed by atoms with E-state index in [9.17, 15) is 0 Å². The summed E-state index contributed by atoms with van der Waals surface area (Å²) in [5.41, 5.74) is 9.70. The standard InChI is InChI=1S/C14H17N3/c1-17-13(11-7-8-11)12(16-14(17)15)9-10-5-3-2-4-6-10/h2-6,11H,7-9H2,1H3,(H2,15,16). The van der Waals surface area contributed by atoms with Crippen LogP contribution in [0.4, 0.5) is 5.95 Å². The second-order valence-electron chi connectivity index (χ2n) is 4.80. The van der Waals surface area contributed by atoms with Crippen LogP contribution in [0, 0.1) is 0 Å². The highest BCUT2D eigenvalue weighted by molar-refractivity contribution is 5.36. The second kappa shape index (κ2) is 3.91. The maximum absolute atomic E-state index is 5.91. The highest BCUT2D eigenvalue weighted by atomic mass is 15.1. The molecule has 3 heteroatoms. The minimum Gasteiger partial charge on any atom is -0.369 e. The quantitative estimate of drug-likeness (QED) is 0.875. The van der Waals surface area contributed by atoms with Gasteiger partial charge >= 0.3 is 0 Å². The average molecular weight is 227 g/mol. The van der Waals surface area contributed by atoms with Crippen LogP contribution in [-0.4, -0.2) is 9.55 Å². The van der Waals surface area contributed by atoms with Crippen LogP contribution in [0.2, 0.25) is 0 Å². The molecule has 2 aromatic rings. The zero-order valence-electron chi connectivity index (χ0n) is 10.1. The molecule has 1 aromatic heterocycles. The lowest BCUT2D eigenvalue weighted by Crippen LogP contribution is -2.01. The molecule has 1 saturated carbocycles. The van der Waals surface area contributed by atoms with Gasteiger partial charge in [0.15, 0.2) is 5.95 Å². The van der Waals surface area contributed by atoms with Crippen molar-refractivity contribution in [1.29, 1.82) is 0 Å². The zero-order chi connectivity index (χ0) is 11.8. The fraction of sp³-hybridized carbons (Fsp3) is 0.357. The van der Waals surface area contributed by atoms with Gasteiger partial charge in [0.05, 0.1) is 5.69 Å². The van der Waals surface area contributed by atoms with Crippen molar-refractivity contribution in [2.45, 2.75) is 25.2 Å². The van der Waals surface area contributed by atoms with Gasteiger partial charge in [0.2, 0.25) is 0 Å². The molecule has 0 bridgehead atoms. The fourth-order valence-corrected chi connectivity index (χ4v) is 2.37. The SMILES string of the molecule is Cn1c(N)nc(Cc2ccccc2)c1C1CC1. The molecule has 1 aliphatic carbocycles. The van der Waals surface area contributed by atoms with Crippen molar-refractivity contribution in [3.8, 4) is 0 Å². The van der Waals surface area contributed by atoms with Crippen LogP contribution in [0.5, 0.6) is 0 Å². The summed E-state index contributed by atoms with van der Waals surface area (Å²) in [7, 11) is 2.02. The number of imidazole rings is 1. The molecule has 3 rings (SSSR count). The summed E-state index contributed by atoms with van der Waals surface area (Å²) in [5.74, 6) is 1.32. The molecule has 0 aliphatic heterocycles. The summed E-state index contributed by atoms with van der Waals surface area (Å²) in [6.07, 6.45) is 3.44. The maximum Gasteiger partial charge on any atom is 0.200 e. The lowest BCUT2D eigenvalue weighted by Gasteiger charge is -2.04. The monoisotopic (exact) mass is 227 g/mol. The highest BCUT2D eigenvalue weighted by Crippen LogP contribution is 2.42. The first kappa shape index (κ1) is 10.4. The summed E-state index contributed by atoms with van der Waals surface area (Å²) >= 11 is 0. The first-order valence-corrected chi connectivity index (χ1v) is 6.10.